The highest BCUT2D eigenvalue weighted by Crippen LogP contribution is 2.19. The van der Waals surface area contributed by atoms with E-state index in [1.807, 2.05) is 30.3 Å². The van der Waals surface area contributed by atoms with Crippen LogP contribution in [-0.2, 0) is 4.74 Å². The second-order valence-electron chi connectivity index (χ2n) is 4.02. The minimum Gasteiger partial charge on any atom is -0.389 e. The summed E-state index contributed by atoms with van der Waals surface area (Å²) in [6, 6.07) is 9.83. The highest BCUT2D eigenvalue weighted by Gasteiger charge is 2.04. The van der Waals surface area contributed by atoms with E-state index in [9.17, 15) is 5.11 Å². The Hall–Kier alpha value is -1.17. The molecule has 1 atom stereocenters. The molecule has 1 unspecified atom stereocenters. The number of nitrogens with one attached hydrogen (secondary N) is 1. The smallest absolute Gasteiger partial charge is 0.126 e. The molecule has 1 aromatic heterocycles. The zero-order chi connectivity index (χ0) is 13.0. The fourth-order valence-electron chi connectivity index (χ4n) is 1.67. The van der Waals surface area contributed by atoms with Gasteiger partial charge >= 0.3 is 0 Å². The zero-order valence-corrected chi connectivity index (χ0v) is 11.6. The first-order valence-electron chi connectivity index (χ1n) is 5.66. The summed E-state index contributed by atoms with van der Waals surface area (Å²) in [6.45, 7) is 0.733. The molecule has 2 rings (SSSR count). The van der Waals surface area contributed by atoms with Gasteiger partial charge in [0.2, 0.25) is 0 Å². The quantitative estimate of drug-likeness (QED) is 0.890. The third-order valence-electron chi connectivity index (χ3n) is 2.53. The molecule has 2 N–H and O–H groups in total. The number of methoxy groups -OCH3 is 1. The predicted molar refractivity (Wildman–Crippen MR) is 75.8 cm³/mol. The molecule has 96 valence electrons. The molecular formula is C13H15BrN2O2. The zero-order valence-electron chi connectivity index (χ0n) is 10.1. The molecule has 0 amide bonds. The molecule has 0 radical (unpaired) electrons. The molecule has 1 aromatic carbocycles. The Kier molecular flexibility index (Phi) is 4.52. The van der Waals surface area contributed by atoms with Crippen LogP contribution in [-0.4, -0.2) is 36.5 Å². The lowest BCUT2D eigenvalue weighted by Gasteiger charge is -2.11. The fraction of sp³-hybridized carbons (Fsp3) is 0.308. The van der Waals surface area contributed by atoms with Crippen molar-refractivity contribution in [3.8, 4) is 0 Å². The monoisotopic (exact) mass is 310 g/mol. The number of nitrogens with zero attached hydrogens (tertiary/aromatic N) is 1. The van der Waals surface area contributed by atoms with Crippen LogP contribution >= 0.6 is 15.9 Å². The summed E-state index contributed by atoms with van der Waals surface area (Å²) >= 11 is 3.43. The van der Waals surface area contributed by atoms with Crippen molar-refractivity contribution in [3.05, 3.63) is 34.8 Å². The van der Waals surface area contributed by atoms with Crippen LogP contribution in [0.3, 0.4) is 0 Å². The molecule has 1 heterocycles. The molecule has 2 aromatic rings. The first kappa shape index (κ1) is 13.3. The van der Waals surface area contributed by atoms with Crippen molar-refractivity contribution in [3.63, 3.8) is 0 Å². The van der Waals surface area contributed by atoms with Gasteiger partial charge in [0.15, 0.2) is 0 Å². The van der Waals surface area contributed by atoms with Gasteiger partial charge in [0, 0.05) is 23.5 Å². The van der Waals surface area contributed by atoms with Crippen LogP contribution in [0.1, 0.15) is 0 Å². The van der Waals surface area contributed by atoms with Crippen molar-refractivity contribution in [2.45, 2.75) is 6.10 Å². The number of rotatable bonds is 5. The van der Waals surface area contributed by atoms with Crippen molar-refractivity contribution < 1.29 is 9.84 Å². The third-order valence-corrected chi connectivity index (χ3v) is 3.02. The van der Waals surface area contributed by atoms with Gasteiger partial charge in [-0.3, -0.25) is 0 Å². The maximum absolute atomic E-state index is 9.54. The Morgan fingerprint density at radius 3 is 3.00 bits per heavy atom. The molecule has 4 nitrogen and oxygen atoms in total. The highest BCUT2D eigenvalue weighted by atomic mass is 79.9. The van der Waals surface area contributed by atoms with E-state index in [0.717, 1.165) is 21.2 Å². The molecule has 0 fully saturated rings. The Labute approximate surface area is 114 Å². The van der Waals surface area contributed by atoms with Crippen LogP contribution in [0.4, 0.5) is 5.82 Å². The molecule has 0 aliphatic carbocycles. The Balaban J connectivity index is 2.08. The molecule has 0 aliphatic heterocycles. The van der Waals surface area contributed by atoms with Gasteiger partial charge in [-0.25, -0.2) is 4.98 Å². The molecule has 0 spiro atoms. The van der Waals surface area contributed by atoms with E-state index >= 15 is 0 Å². The predicted octanol–water partition coefficient (Wildman–Crippen LogP) is 2.42. The van der Waals surface area contributed by atoms with Crippen LogP contribution in [0, 0.1) is 0 Å². The Bertz CT molecular complexity index is 533. The average Bonchev–Trinajstić information content (AvgIpc) is 2.36. The minimum atomic E-state index is -0.530. The van der Waals surface area contributed by atoms with Gasteiger partial charge in [-0.05, 0) is 30.3 Å². The van der Waals surface area contributed by atoms with Gasteiger partial charge in [0.25, 0.3) is 0 Å². The number of aliphatic hydroxyl groups excluding tert-OH is 1. The standard InChI is InChI=1S/C13H15BrN2O2/c1-18-8-11(17)7-15-13-5-2-9-6-10(14)3-4-12(9)16-13/h2-6,11,17H,7-8H2,1H3,(H,15,16). The van der Waals surface area contributed by atoms with Crippen LogP contribution < -0.4 is 5.32 Å². The first-order chi connectivity index (χ1) is 8.69. The summed E-state index contributed by atoms with van der Waals surface area (Å²) in [7, 11) is 1.56. The number of aromatic nitrogens is 1. The number of halogens is 1. The number of fused-ring (bicyclic) bond motifs is 1. The highest BCUT2D eigenvalue weighted by molar-refractivity contribution is 9.10. The van der Waals surface area contributed by atoms with E-state index in [4.69, 9.17) is 4.74 Å². The van der Waals surface area contributed by atoms with Crippen molar-refractivity contribution in [1.82, 2.24) is 4.98 Å². The van der Waals surface area contributed by atoms with Crippen LogP contribution in [0.25, 0.3) is 10.9 Å². The Morgan fingerprint density at radius 2 is 2.22 bits per heavy atom. The number of aliphatic hydroxyl groups is 1. The summed E-state index contributed by atoms with van der Waals surface area (Å²) in [6.07, 6.45) is -0.530. The van der Waals surface area contributed by atoms with Gasteiger partial charge in [-0.15, -0.1) is 0 Å². The lowest BCUT2D eigenvalue weighted by atomic mass is 10.2. The van der Waals surface area contributed by atoms with Gasteiger partial charge in [-0.1, -0.05) is 15.9 Å². The summed E-state index contributed by atoms with van der Waals surface area (Å²) in [5.41, 5.74) is 0.921. The molecule has 18 heavy (non-hydrogen) atoms. The van der Waals surface area contributed by atoms with E-state index in [1.54, 1.807) is 7.11 Å². The van der Waals surface area contributed by atoms with E-state index in [0.29, 0.717) is 13.2 Å². The largest absolute Gasteiger partial charge is 0.389 e. The van der Waals surface area contributed by atoms with Crippen molar-refractivity contribution in [2.75, 3.05) is 25.6 Å². The topological polar surface area (TPSA) is 54.4 Å². The number of hydrogen-bond donors (Lipinski definition) is 2. The van der Waals surface area contributed by atoms with Crippen LogP contribution in [0.2, 0.25) is 0 Å². The Morgan fingerprint density at radius 1 is 1.39 bits per heavy atom. The summed E-state index contributed by atoms with van der Waals surface area (Å²) in [5.74, 6) is 0.750. The molecular weight excluding hydrogens is 296 g/mol. The number of anilines is 1. The van der Waals surface area contributed by atoms with Gasteiger partial charge < -0.3 is 15.2 Å². The normalized spacial score (nSPS) is 12.6. The van der Waals surface area contributed by atoms with Gasteiger partial charge in [-0.2, -0.15) is 0 Å². The number of benzene rings is 1. The lowest BCUT2D eigenvalue weighted by molar-refractivity contribution is 0.0727. The fourth-order valence-corrected chi connectivity index (χ4v) is 2.05. The van der Waals surface area contributed by atoms with E-state index in [1.165, 1.54) is 0 Å². The second kappa shape index (κ2) is 6.13. The maximum Gasteiger partial charge on any atom is 0.126 e. The number of ether oxygens (including phenoxy) is 1. The summed E-state index contributed by atoms with van der Waals surface area (Å²) < 4.78 is 5.90. The van der Waals surface area contributed by atoms with Gasteiger partial charge in [0.1, 0.15) is 5.82 Å². The SMILES string of the molecule is COCC(O)CNc1ccc2cc(Br)ccc2n1. The van der Waals surface area contributed by atoms with E-state index < -0.39 is 6.10 Å². The third kappa shape index (κ3) is 3.41. The molecule has 0 bridgehead atoms. The number of hydrogen-bond acceptors (Lipinski definition) is 4. The number of pyridine rings is 1. The van der Waals surface area contributed by atoms with Crippen LogP contribution in [0.15, 0.2) is 34.8 Å². The summed E-state index contributed by atoms with van der Waals surface area (Å²) in [5, 5.41) is 13.7. The minimum absolute atomic E-state index is 0.313. The molecule has 0 saturated carbocycles. The average molecular weight is 311 g/mol. The van der Waals surface area contributed by atoms with Crippen molar-refractivity contribution in [2.24, 2.45) is 0 Å². The van der Waals surface area contributed by atoms with Crippen LogP contribution in [0.5, 0.6) is 0 Å². The van der Waals surface area contributed by atoms with Crippen molar-refractivity contribution in [1.29, 1.82) is 0 Å². The van der Waals surface area contributed by atoms with Crippen molar-refractivity contribution >= 4 is 32.7 Å². The second-order valence-corrected chi connectivity index (χ2v) is 4.94. The molecule has 5 heteroatoms. The summed E-state index contributed by atoms with van der Waals surface area (Å²) in [4.78, 5) is 4.46. The van der Waals surface area contributed by atoms with E-state index in [2.05, 4.69) is 26.2 Å². The molecule has 0 aliphatic rings. The maximum atomic E-state index is 9.54. The lowest BCUT2D eigenvalue weighted by Crippen LogP contribution is -2.24. The van der Waals surface area contributed by atoms with Gasteiger partial charge in [0.05, 0.1) is 18.2 Å². The molecule has 0 saturated heterocycles. The first-order valence-corrected chi connectivity index (χ1v) is 6.45. The van der Waals surface area contributed by atoms with E-state index in [-0.39, 0.29) is 0 Å².